The number of aryl methyl sites for hydroxylation is 1. The first-order valence-corrected chi connectivity index (χ1v) is 6.90. The summed E-state index contributed by atoms with van der Waals surface area (Å²) in [7, 11) is 0. The maximum Gasteiger partial charge on any atom is 0.352 e. The molecule has 0 unspecified atom stereocenters. The van der Waals surface area contributed by atoms with E-state index in [4.69, 9.17) is 0 Å². The standard InChI is InChI=1S/C13H11N3O3S/c1-2-15-9(13(18)19)7-12(17)16-11(15)6-8(14-16)10-4-3-5-20-10/h3-7H,2H2,1H3,(H,18,19). The van der Waals surface area contributed by atoms with E-state index in [1.807, 2.05) is 24.4 Å². The van der Waals surface area contributed by atoms with Crippen molar-refractivity contribution >= 4 is 23.0 Å². The first-order chi connectivity index (χ1) is 9.61. The molecule has 3 rings (SSSR count). The largest absolute Gasteiger partial charge is 0.477 e. The quantitative estimate of drug-likeness (QED) is 0.799. The van der Waals surface area contributed by atoms with Crippen LogP contribution in [0.15, 0.2) is 34.4 Å². The molecule has 0 aromatic carbocycles. The van der Waals surface area contributed by atoms with Crippen molar-refractivity contribution in [1.29, 1.82) is 0 Å². The molecule has 1 N–H and O–H groups in total. The van der Waals surface area contributed by atoms with Gasteiger partial charge in [-0.3, -0.25) is 4.79 Å². The summed E-state index contributed by atoms with van der Waals surface area (Å²) in [5, 5.41) is 15.4. The predicted molar refractivity (Wildman–Crippen MR) is 75.4 cm³/mol. The fourth-order valence-corrected chi connectivity index (χ4v) is 2.84. The third-order valence-corrected chi connectivity index (χ3v) is 3.93. The maximum atomic E-state index is 12.0. The summed E-state index contributed by atoms with van der Waals surface area (Å²) in [6, 6.07) is 6.65. The van der Waals surface area contributed by atoms with Crippen LogP contribution in [0.2, 0.25) is 0 Å². The van der Waals surface area contributed by atoms with Crippen LogP contribution in [-0.2, 0) is 6.54 Å². The lowest BCUT2D eigenvalue weighted by Crippen LogP contribution is -2.23. The highest BCUT2D eigenvalue weighted by Gasteiger charge is 2.16. The summed E-state index contributed by atoms with van der Waals surface area (Å²) in [6.45, 7) is 2.27. The second-order valence-corrected chi connectivity index (χ2v) is 5.14. The fourth-order valence-electron chi connectivity index (χ4n) is 2.16. The molecule has 0 radical (unpaired) electrons. The Labute approximate surface area is 117 Å². The van der Waals surface area contributed by atoms with Crippen LogP contribution >= 0.6 is 11.3 Å². The highest BCUT2D eigenvalue weighted by atomic mass is 32.1. The van der Waals surface area contributed by atoms with Crippen LogP contribution in [0.4, 0.5) is 0 Å². The summed E-state index contributed by atoms with van der Waals surface area (Å²) >= 11 is 1.52. The topological polar surface area (TPSA) is 76.6 Å². The number of rotatable bonds is 3. The van der Waals surface area contributed by atoms with Gasteiger partial charge >= 0.3 is 5.97 Å². The zero-order valence-corrected chi connectivity index (χ0v) is 11.4. The molecule has 0 aliphatic rings. The molecule has 0 amide bonds. The number of aromatic carboxylic acids is 1. The first-order valence-electron chi connectivity index (χ1n) is 6.02. The van der Waals surface area contributed by atoms with Crippen molar-refractivity contribution in [1.82, 2.24) is 14.2 Å². The summed E-state index contributed by atoms with van der Waals surface area (Å²) in [5.41, 5.74) is 0.690. The number of hydrogen-bond acceptors (Lipinski definition) is 4. The molecule has 0 atom stereocenters. The van der Waals surface area contributed by atoms with E-state index in [9.17, 15) is 14.7 Å². The molecule has 0 saturated heterocycles. The fraction of sp³-hybridized carbons (Fsp3) is 0.154. The van der Waals surface area contributed by atoms with E-state index in [1.165, 1.54) is 15.9 Å². The molecule has 3 aromatic rings. The molecule has 0 spiro atoms. The van der Waals surface area contributed by atoms with Gasteiger partial charge in [-0.1, -0.05) is 6.07 Å². The van der Waals surface area contributed by atoms with Crippen molar-refractivity contribution in [3.05, 3.63) is 45.7 Å². The van der Waals surface area contributed by atoms with Crippen LogP contribution in [0.1, 0.15) is 17.4 Å². The van der Waals surface area contributed by atoms with Gasteiger partial charge in [-0.05, 0) is 18.4 Å². The number of thiophene rings is 1. The average Bonchev–Trinajstić information content (AvgIpc) is 3.07. The van der Waals surface area contributed by atoms with Crippen LogP contribution in [-0.4, -0.2) is 25.3 Å². The van der Waals surface area contributed by atoms with E-state index < -0.39 is 11.5 Å². The van der Waals surface area contributed by atoms with Gasteiger partial charge in [0.25, 0.3) is 5.56 Å². The van der Waals surface area contributed by atoms with E-state index >= 15 is 0 Å². The SMILES string of the molecule is CCn1c(C(=O)O)cc(=O)n2nc(-c3cccs3)cc12. The molecule has 0 fully saturated rings. The summed E-state index contributed by atoms with van der Waals surface area (Å²) in [6.07, 6.45) is 0. The lowest BCUT2D eigenvalue weighted by Gasteiger charge is -2.09. The normalized spacial score (nSPS) is 11.1. The van der Waals surface area contributed by atoms with Gasteiger partial charge in [-0.2, -0.15) is 9.61 Å². The van der Waals surface area contributed by atoms with Gasteiger partial charge < -0.3 is 9.67 Å². The molecule has 0 aliphatic heterocycles. The van der Waals surface area contributed by atoms with Gasteiger partial charge in [0.1, 0.15) is 17.0 Å². The van der Waals surface area contributed by atoms with E-state index in [1.54, 1.807) is 10.6 Å². The maximum absolute atomic E-state index is 12.0. The van der Waals surface area contributed by atoms with Gasteiger partial charge in [-0.25, -0.2) is 4.79 Å². The Morgan fingerprint density at radius 1 is 1.45 bits per heavy atom. The Hall–Kier alpha value is -2.41. The van der Waals surface area contributed by atoms with Crippen molar-refractivity contribution in [3.8, 4) is 10.6 Å². The number of hydrogen-bond donors (Lipinski definition) is 1. The minimum Gasteiger partial charge on any atom is -0.477 e. The summed E-state index contributed by atoms with van der Waals surface area (Å²) in [4.78, 5) is 24.1. The summed E-state index contributed by atoms with van der Waals surface area (Å²) in [5.74, 6) is -1.12. The Morgan fingerprint density at radius 2 is 2.25 bits per heavy atom. The van der Waals surface area contributed by atoms with Crippen molar-refractivity contribution in [2.75, 3.05) is 0 Å². The lowest BCUT2D eigenvalue weighted by molar-refractivity contribution is 0.0684. The van der Waals surface area contributed by atoms with Crippen LogP contribution in [0.3, 0.4) is 0 Å². The van der Waals surface area contributed by atoms with Gasteiger partial charge in [-0.15, -0.1) is 11.3 Å². The minimum absolute atomic E-state index is 0.0253. The molecule has 0 aliphatic carbocycles. The first kappa shape index (κ1) is 12.6. The van der Waals surface area contributed by atoms with Crippen molar-refractivity contribution in [2.45, 2.75) is 13.5 Å². The van der Waals surface area contributed by atoms with Gasteiger partial charge in [0.05, 0.1) is 4.88 Å². The third-order valence-electron chi connectivity index (χ3n) is 3.04. The molecule has 7 heteroatoms. The van der Waals surface area contributed by atoms with Crippen LogP contribution in [0, 0.1) is 0 Å². The van der Waals surface area contributed by atoms with Gasteiger partial charge in [0.15, 0.2) is 0 Å². The van der Waals surface area contributed by atoms with Crippen LogP contribution in [0.5, 0.6) is 0 Å². The van der Waals surface area contributed by atoms with Crippen molar-refractivity contribution in [3.63, 3.8) is 0 Å². The smallest absolute Gasteiger partial charge is 0.352 e. The van der Waals surface area contributed by atoms with Crippen molar-refractivity contribution in [2.24, 2.45) is 0 Å². The molecule has 6 nitrogen and oxygen atoms in total. The zero-order valence-electron chi connectivity index (χ0n) is 10.6. The van der Waals surface area contributed by atoms with Crippen LogP contribution < -0.4 is 5.56 Å². The highest BCUT2D eigenvalue weighted by Crippen LogP contribution is 2.24. The molecule has 102 valence electrons. The number of carboxylic acid groups (broad SMARTS) is 1. The molecular formula is C13H11N3O3S. The summed E-state index contributed by atoms with van der Waals surface area (Å²) < 4.78 is 2.80. The lowest BCUT2D eigenvalue weighted by atomic mass is 10.3. The van der Waals surface area contributed by atoms with Gasteiger partial charge in [0.2, 0.25) is 0 Å². The Kier molecular flexibility index (Phi) is 2.90. The molecule has 0 saturated carbocycles. The Bertz CT molecular complexity index is 846. The molecule has 0 bridgehead atoms. The number of aromatic nitrogens is 3. The van der Waals surface area contributed by atoms with Gasteiger partial charge in [0, 0.05) is 18.7 Å². The highest BCUT2D eigenvalue weighted by molar-refractivity contribution is 7.13. The van der Waals surface area contributed by atoms with E-state index in [0.29, 0.717) is 17.9 Å². The molecule has 3 heterocycles. The molecule has 20 heavy (non-hydrogen) atoms. The second kappa shape index (κ2) is 4.61. The minimum atomic E-state index is -1.12. The van der Waals surface area contributed by atoms with E-state index in [0.717, 1.165) is 10.9 Å². The van der Waals surface area contributed by atoms with Crippen LogP contribution in [0.25, 0.3) is 16.2 Å². The van der Waals surface area contributed by atoms with E-state index in [-0.39, 0.29) is 5.69 Å². The number of fused-ring (bicyclic) bond motifs is 1. The second-order valence-electron chi connectivity index (χ2n) is 4.19. The Morgan fingerprint density at radius 3 is 2.85 bits per heavy atom. The Balaban J connectivity index is 2.36. The number of carboxylic acids is 1. The monoisotopic (exact) mass is 289 g/mol. The average molecular weight is 289 g/mol. The predicted octanol–water partition coefficient (Wildman–Crippen LogP) is 1.94. The number of nitrogens with zero attached hydrogens (tertiary/aromatic N) is 3. The number of carbonyl (C=O) groups is 1. The molecule has 3 aromatic heterocycles. The van der Waals surface area contributed by atoms with E-state index in [2.05, 4.69) is 5.10 Å². The van der Waals surface area contributed by atoms with Crippen molar-refractivity contribution < 1.29 is 9.90 Å². The molecular weight excluding hydrogens is 278 g/mol. The zero-order chi connectivity index (χ0) is 14.3. The third kappa shape index (κ3) is 1.83.